The van der Waals surface area contributed by atoms with Gasteiger partial charge in [0, 0.05) is 26.2 Å². The van der Waals surface area contributed by atoms with Crippen molar-refractivity contribution >= 4 is 17.8 Å². The highest BCUT2D eigenvalue weighted by Gasteiger charge is 2.34. The Morgan fingerprint density at radius 2 is 2.00 bits per heavy atom. The maximum atomic E-state index is 12.7. The van der Waals surface area contributed by atoms with E-state index in [1.807, 2.05) is 23.8 Å². The van der Waals surface area contributed by atoms with Crippen molar-refractivity contribution < 1.29 is 19.1 Å². The van der Waals surface area contributed by atoms with Crippen LogP contribution >= 0.6 is 0 Å². The summed E-state index contributed by atoms with van der Waals surface area (Å²) in [5.74, 6) is -0.566. The maximum Gasteiger partial charge on any atom is 0.307 e. The van der Waals surface area contributed by atoms with E-state index in [4.69, 9.17) is 4.74 Å². The molecule has 0 radical (unpaired) electrons. The van der Waals surface area contributed by atoms with E-state index in [-0.39, 0.29) is 30.7 Å². The number of hydrogen-bond acceptors (Lipinski definition) is 5. The summed E-state index contributed by atoms with van der Waals surface area (Å²) in [6.07, 6.45) is 6.42. The smallest absolute Gasteiger partial charge is 0.307 e. The topological polar surface area (TPSA) is 79.0 Å². The van der Waals surface area contributed by atoms with E-state index in [0.29, 0.717) is 25.7 Å². The summed E-state index contributed by atoms with van der Waals surface area (Å²) in [5.41, 5.74) is 0. The summed E-state index contributed by atoms with van der Waals surface area (Å²) in [4.78, 5) is 40.4. The van der Waals surface area contributed by atoms with Gasteiger partial charge >= 0.3 is 5.97 Å². The van der Waals surface area contributed by atoms with Gasteiger partial charge in [0.2, 0.25) is 11.8 Å². The molecule has 1 heterocycles. The van der Waals surface area contributed by atoms with E-state index in [1.54, 1.807) is 0 Å². The van der Waals surface area contributed by atoms with Crippen LogP contribution in [0, 0.1) is 0 Å². The van der Waals surface area contributed by atoms with Gasteiger partial charge in [-0.1, -0.05) is 26.2 Å². The third-order valence-corrected chi connectivity index (χ3v) is 5.12. The molecule has 0 aromatic heterocycles. The number of likely N-dealkylation sites (N-methyl/N-ethyl adjacent to an activating group) is 1. The lowest BCUT2D eigenvalue weighted by Gasteiger charge is -2.37. The van der Waals surface area contributed by atoms with Crippen LogP contribution in [0.25, 0.3) is 0 Å². The minimum absolute atomic E-state index is 0.00768. The summed E-state index contributed by atoms with van der Waals surface area (Å²) in [6, 6.07) is -0.324. The fraction of sp³-hybridized carbons (Fsp3) is 0.833. The van der Waals surface area contributed by atoms with Crippen molar-refractivity contribution in [3.8, 4) is 0 Å². The van der Waals surface area contributed by atoms with E-state index in [0.717, 1.165) is 19.3 Å². The molecule has 25 heavy (non-hydrogen) atoms. The third-order valence-electron chi connectivity index (χ3n) is 5.12. The molecule has 1 N–H and O–H groups in total. The van der Waals surface area contributed by atoms with Crippen molar-refractivity contribution in [1.82, 2.24) is 15.1 Å². The zero-order valence-corrected chi connectivity index (χ0v) is 15.5. The van der Waals surface area contributed by atoms with Crippen molar-refractivity contribution in [2.75, 3.05) is 33.3 Å². The zero-order chi connectivity index (χ0) is 18.2. The molecule has 1 atom stereocenters. The molecule has 1 aliphatic carbocycles. The van der Waals surface area contributed by atoms with E-state index < -0.39 is 6.04 Å². The fourth-order valence-corrected chi connectivity index (χ4v) is 3.56. The largest absolute Gasteiger partial charge is 0.466 e. The fourth-order valence-electron chi connectivity index (χ4n) is 3.56. The van der Waals surface area contributed by atoms with Gasteiger partial charge in [-0.3, -0.25) is 19.3 Å². The second-order valence-corrected chi connectivity index (χ2v) is 7.00. The lowest BCUT2D eigenvalue weighted by molar-refractivity contribution is -0.149. The highest BCUT2D eigenvalue weighted by atomic mass is 16.5. The van der Waals surface area contributed by atoms with Crippen LogP contribution in [0.4, 0.5) is 0 Å². The zero-order valence-electron chi connectivity index (χ0n) is 15.5. The first-order valence-electron chi connectivity index (χ1n) is 9.46. The standard InChI is InChI=1S/C18H31N3O4/c1-3-11-25-17(23)12-15-18(24)19-9-10-21(15)13-16(22)20(2)14-7-5-4-6-8-14/h14-15H,3-13H2,1-2H3,(H,19,24). The first-order chi connectivity index (χ1) is 12.0. The molecule has 1 aliphatic heterocycles. The summed E-state index contributed by atoms with van der Waals surface area (Å²) >= 11 is 0. The number of carbonyl (C=O) groups excluding carboxylic acids is 3. The van der Waals surface area contributed by atoms with Crippen LogP contribution in [0.15, 0.2) is 0 Å². The van der Waals surface area contributed by atoms with Crippen molar-refractivity contribution in [2.45, 2.75) is 64.0 Å². The highest BCUT2D eigenvalue weighted by Crippen LogP contribution is 2.22. The van der Waals surface area contributed by atoms with Crippen LogP contribution in [-0.4, -0.2) is 73.0 Å². The minimum Gasteiger partial charge on any atom is -0.466 e. The summed E-state index contributed by atoms with van der Waals surface area (Å²) in [7, 11) is 1.85. The van der Waals surface area contributed by atoms with Gasteiger partial charge in [0.25, 0.3) is 0 Å². The Morgan fingerprint density at radius 3 is 2.68 bits per heavy atom. The summed E-state index contributed by atoms with van der Waals surface area (Å²) in [6.45, 7) is 3.52. The van der Waals surface area contributed by atoms with Gasteiger partial charge in [0.15, 0.2) is 0 Å². The average molecular weight is 353 g/mol. The number of nitrogens with one attached hydrogen (secondary N) is 1. The second kappa shape index (κ2) is 9.75. The number of hydrogen-bond donors (Lipinski definition) is 1. The van der Waals surface area contributed by atoms with Gasteiger partial charge in [-0.2, -0.15) is 0 Å². The number of carbonyl (C=O) groups is 3. The Hall–Kier alpha value is -1.63. The Kier molecular flexibility index (Phi) is 7.68. The molecule has 0 aromatic carbocycles. The Morgan fingerprint density at radius 1 is 1.28 bits per heavy atom. The van der Waals surface area contributed by atoms with Crippen molar-refractivity contribution in [2.24, 2.45) is 0 Å². The molecule has 0 spiro atoms. The molecular formula is C18H31N3O4. The highest BCUT2D eigenvalue weighted by molar-refractivity contribution is 5.88. The van der Waals surface area contributed by atoms with E-state index in [1.165, 1.54) is 19.3 Å². The molecule has 7 nitrogen and oxygen atoms in total. The molecule has 1 unspecified atom stereocenters. The third kappa shape index (κ3) is 5.70. The van der Waals surface area contributed by atoms with Crippen LogP contribution in [-0.2, 0) is 19.1 Å². The van der Waals surface area contributed by atoms with Gasteiger partial charge in [-0.25, -0.2) is 0 Å². The van der Waals surface area contributed by atoms with Gasteiger partial charge in [0.05, 0.1) is 19.6 Å². The van der Waals surface area contributed by atoms with Crippen molar-refractivity contribution in [3.63, 3.8) is 0 Å². The minimum atomic E-state index is -0.623. The van der Waals surface area contributed by atoms with Gasteiger partial charge in [-0.05, 0) is 19.3 Å². The number of nitrogens with zero attached hydrogens (tertiary/aromatic N) is 2. The van der Waals surface area contributed by atoms with Crippen LogP contribution in [0.1, 0.15) is 51.9 Å². The van der Waals surface area contributed by atoms with Crippen LogP contribution in [0.2, 0.25) is 0 Å². The van der Waals surface area contributed by atoms with Crippen molar-refractivity contribution in [3.05, 3.63) is 0 Å². The lowest BCUT2D eigenvalue weighted by Crippen LogP contribution is -2.58. The predicted octanol–water partition coefficient (Wildman–Crippen LogP) is 0.921. The number of ether oxygens (including phenoxy) is 1. The van der Waals surface area contributed by atoms with Crippen LogP contribution in [0.3, 0.4) is 0 Å². The molecule has 2 aliphatic rings. The number of piperazine rings is 1. The molecule has 1 saturated carbocycles. The number of rotatable bonds is 7. The first-order valence-corrected chi connectivity index (χ1v) is 9.46. The summed E-state index contributed by atoms with van der Waals surface area (Å²) in [5, 5.41) is 2.78. The molecule has 1 saturated heterocycles. The predicted molar refractivity (Wildman–Crippen MR) is 93.9 cm³/mol. The van der Waals surface area contributed by atoms with Crippen LogP contribution in [0.5, 0.6) is 0 Å². The number of esters is 1. The molecule has 0 aromatic rings. The molecule has 2 fully saturated rings. The Bertz CT molecular complexity index is 477. The lowest BCUT2D eigenvalue weighted by atomic mass is 9.94. The SMILES string of the molecule is CCCOC(=O)CC1C(=O)NCCN1CC(=O)N(C)C1CCCCC1. The molecule has 0 bridgehead atoms. The normalized spacial score (nSPS) is 22.3. The quantitative estimate of drug-likeness (QED) is 0.689. The van der Waals surface area contributed by atoms with Gasteiger partial charge in [0.1, 0.15) is 6.04 Å². The maximum absolute atomic E-state index is 12.7. The molecular weight excluding hydrogens is 322 g/mol. The van der Waals surface area contributed by atoms with Gasteiger partial charge in [-0.15, -0.1) is 0 Å². The summed E-state index contributed by atoms with van der Waals surface area (Å²) < 4.78 is 5.10. The molecule has 142 valence electrons. The average Bonchev–Trinajstić information content (AvgIpc) is 2.62. The molecule has 2 amide bonds. The van der Waals surface area contributed by atoms with Crippen molar-refractivity contribution in [1.29, 1.82) is 0 Å². The van der Waals surface area contributed by atoms with E-state index in [9.17, 15) is 14.4 Å². The van der Waals surface area contributed by atoms with Crippen LogP contribution < -0.4 is 5.32 Å². The van der Waals surface area contributed by atoms with E-state index >= 15 is 0 Å². The molecule has 2 rings (SSSR count). The number of amides is 2. The monoisotopic (exact) mass is 353 g/mol. The van der Waals surface area contributed by atoms with Gasteiger partial charge < -0.3 is 15.0 Å². The molecule has 7 heteroatoms. The second-order valence-electron chi connectivity index (χ2n) is 7.00. The Labute approximate surface area is 150 Å². The van der Waals surface area contributed by atoms with E-state index in [2.05, 4.69) is 5.32 Å². The first kappa shape index (κ1) is 19.7. The Balaban J connectivity index is 1.92.